The van der Waals surface area contributed by atoms with Gasteiger partial charge in [0.05, 0.1) is 6.57 Å². The Hall–Kier alpha value is -7.30. The first-order valence-corrected chi connectivity index (χ1v) is 10.0. The predicted molar refractivity (Wildman–Crippen MR) is 145 cm³/mol. The maximum atomic E-state index is 12.6. The molecular weight excluding hydrogens is 494 g/mol. The molecule has 2 N–H and O–H groups in total. The summed E-state index contributed by atoms with van der Waals surface area (Å²) in [4.78, 5) is 38.5. The van der Waals surface area contributed by atoms with Crippen LogP contribution in [0, 0.1) is 114 Å². The molecule has 0 bridgehead atoms. The van der Waals surface area contributed by atoms with Crippen molar-refractivity contribution in [3.05, 3.63) is 67.8 Å². The van der Waals surface area contributed by atoms with Gasteiger partial charge in [0, 0.05) is 60.5 Å². The maximum Gasteiger partial charge on any atom is 0.345 e. The van der Waals surface area contributed by atoms with Crippen LogP contribution in [-0.2, 0) is 11.8 Å². The third kappa shape index (κ3) is 10.7. The molecular formula is C31H11N3O5. The van der Waals surface area contributed by atoms with Crippen molar-refractivity contribution in [1.29, 1.82) is 0 Å². The lowest BCUT2D eigenvalue weighted by atomic mass is 10.2. The number of rotatable bonds is 4. The first-order valence-electron chi connectivity index (χ1n) is 10.0. The van der Waals surface area contributed by atoms with Gasteiger partial charge < -0.3 is 10.2 Å². The fraction of sp³-hybridized carbons (Fsp3) is 0.0323. The van der Waals surface area contributed by atoms with Crippen LogP contribution in [0.15, 0.2) is 39.6 Å². The summed E-state index contributed by atoms with van der Waals surface area (Å²) in [6.07, 6.45) is 11.1. The number of hydrogen-bond donors (Lipinski definition) is 2. The van der Waals surface area contributed by atoms with Gasteiger partial charge in [-0.25, -0.2) is 9.64 Å². The van der Waals surface area contributed by atoms with Gasteiger partial charge in [-0.2, -0.15) is 4.57 Å². The molecule has 0 spiro atoms. The molecule has 39 heavy (non-hydrogen) atoms. The average Bonchev–Trinajstić information content (AvgIpc) is 2.92. The molecule has 180 valence electrons. The van der Waals surface area contributed by atoms with Gasteiger partial charge >= 0.3 is 11.7 Å². The highest BCUT2D eigenvalue weighted by Crippen LogP contribution is 2.10. The van der Waals surface area contributed by atoms with Crippen LogP contribution >= 0.6 is 0 Å². The van der Waals surface area contributed by atoms with E-state index in [-0.39, 0.29) is 5.56 Å². The summed E-state index contributed by atoms with van der Waals surface area (Å²) in [5, 5.41) is 18.9. The van der Waals surface area contributed by atoms with Crippen molar-refractivity contribution < 1.29 is 15.0 Å². The molecule has 1 aromatic rings. The molecule has 1 rings (SSSR count). The van der Waals surface area contributed by atoms with Crippen molar-refractivity contribution in [3.8, 4) is 113 Å². The van der Waals surface area contributed by atoms with Gasteiger partial charge in [-0.3, -0.25) is 14.2 Å². The number of aromatic nitrogens is 2. The van der Waals surface area contributed by atoms with Crippen molar-refractivity contribution >= 4 is 12.0 Å². The molecule has 0 aliphatic heterocycles. The lowest BCUT2D eigenvalue weighted by molar-refractivity contribution is -0.132. The van der Waals surface area contributed by atoms with Crippen LogP contribution in [0.1, 0.15) is 5.56 Å². The number of aromatic hydroxyl groups is 1. The molecule has 0 unspecified atom stereocenters. The molecule has 0 saturated heterocycles. The van der Waals surface area contributed by atoms with Crippen molar-refractivity contribution in [3.63, 3.8) is 0 Å². The van der Waals surface area contributed by atoms with Crippen molar-refractivity contribution in [2.24, 2.45) is 7.05 Å². The minimum Gasteiger partial charge on any atom is -0.494 e. The molecule has 0 fully saturated rings. The molecule has 0 radical (unpaired) electrons. The number of allylic oxidation sites excluding steroid dienone is 4. The van der Waals surface area contributed by atoms with Gasteiger partial charge in [-0.1, -0.05) is 18.2 Å². The SMILES string of the molecule is [C-]#[N+]\C(=C/C=C/C=C/c1c(O)n(C)c(=O)n(C#CC#CC#CC#CC#CC#CC#CC#CC#C)c1=O)C(=O)O. The molecule has 0 aliphatic rings. The van der Waals surface area contributed by atoms with Gasteiger partial charge in [0.2, 0.25) is 5.88 Å². The maximum absolute atomic E-state index is 12.6. The number of terminal acetylenes is 1. The van der Waals surface area contributed by atoms with E-state index in [0.717, 1.165) is 10.6 Å². The number of aliphatic carboxylic acids is 1. The largest absolute Gasteiger partial charge is 0.494 e. The van der Waals surface area contributed by atoms with Crippen LogP contribution in [0.2, 0.25) is 0 Å². The van der Waals surface area contributed by atoms with E-state index in [0.29, 0.717) is 4.57 Å². The number of carboxylic acids is 1. The average molecular weight is 505 g/mol. The summed E-state index contributed by atoms with van der Waals surface area (Å²) in [7, 11) is 1.23. The molecule has 8 heteroatoms. The predicted octanol–water partition coefficient (Wildman–Crippen LogP) is 0.176. The van der Waals surface area contributed by atoms with Gasteiger partial charge in [-0.05, 0) is 59.5 Å². The number of carbonyl (C=O) groups is 1. The van der Waals surface area contributed by atoms with E-state index in [4.69, 9.17) is 18.1 Å². The Morgan fingerprint density at radius 3 is 1.79 bits per heavy atom. The van der Waals surface area contributed by atoms with Gasteiger partial charge in [0.15, 0.2) is 0 Å². The zero-order valence-corrected chi connectivity index (χ0v) is 19.9. The van der Waals surface area contributed by atoms with Crippen LogP contribution < -0.4 is 11.2 Å². The zero-order chi connectivity index (χ0) is 28.9. The third-order valence-corrected chi connectivity index (χ3v) is 3.66. The van der Waals surface area contributed by atoms with Gasteiger partial charge in [-0.15, -0.1) is 6.42 Å². The number of carboxylic acid groups (broad SMARTS) is 1. The minimum atomic E-state index is -1.39. The fourth-order valence-electron chi connectivity index (χ4n) is 2.01. The van der Waals surface area contributed by atoms with Crippen molar-refractivity contribution in [2.75, 3.05) is 0 Å². The van der Waals surface area contributed by atoms with E-state index in [1.807, 2.05) is 0 Å². The van der Waals surface area contributed by atoms with Crippen LogP contribution in [0.3, 0.4) is 0 Å². The molecule has 0 amide bonds. The molecule has 0 saturated carbocycles. The Balaban J connectivity index is 3.05. The number of hydrogen-bond acceptors (Lipinski definition) is 4. The summed E-state index contributed by atoms with van der Waals surface area (Å²) in [5.41, 5.74) is -2.59. The van der Waals surface area contributed by atoms with Crippen LogP contribution in [0.25, 0.3) is 10.9 Å². The molecule has 1 aromatic heterocycles. The normalized spacial score (nSPS) is 8.44. The van der Waals surface area contributed by atoms with Gasteiger partial charge in [0.1, 0.15) is 5.56 Å². The smallest absolute Gasteiger partial charge is 0.345 e. The van der Waals surface area contributed by atoms with Crippen LogP contribution in [-0.4, -0.2) is 25.3 Å². The van der Waals surface area contributed by atoms with Crippen molar-refractivity contribution in [2.45, 2.75) is 0 Å². The fourth-order valence-corrected chi connectivity index (χ4v) is 2.01. The zero-order valence-electron chi connectivity index (χ0n) is 19.9. The lowest BCUT2D eigenvalue weighted by Crippen LogP contribution is -2.38. The standard InChI is InChI=1S/C31H11N3O5/c1-4-5-6-7-8-9-10-11-12-13-14-15-16-17-18-22-25-34-29(36)26(28(35)33(3)31(34)39)23-20-19-21-24-27(32-2)30(37)38/h1,19-21,23-24,35H,3H3,(H,37,38)/b21-19+,23-20+,27-24-. The molecule has 8 nitrogen and oxygen atoms in total. The summed E-state index contributed by atoms with van der Waals surface area (Å²) >= 11 is 0. The number of nitrogens with zero attached hydrogens (tertiary/aromatic N) is 3. The summed E-state index contributed by atoms with van der Waals surface area (Å²) in [6.45, 7) is 6.75. The second-order valence-corrected chi connectivity index (χ2v) is 6.06. The second-order valence-electron chi connectivity index (χ2n) is 6.06. The van der Waals surface area contributed by atoms with E-state index < -0.39 is 28.8 Å². The highest BCUT2D eigenvalue weighted by molar-refractivity contribution is 5.88. The Labute approximate surface area is 224 Å². The topological polar surface area (TPSA) is 106 Å². The van der Waals surface area contributed by atoms with E-state index >= 15 is 0 Å². The van der Waals surface area contributed by atoms with E-state index in [9.17, 15) is 19.5 Å². The Bertz CT molecular complexity index is 2010. The summed E-state index contributed by atoms with van der Waals surface area (Å²) in [5.74, 6) is 36.0. The Kier molecular flexibility index (Phi) is 13.1. The van der Waals surface area contributed by atoms with E-state index in [1.165, 1.54) is 31.4 Å². The summed E-state index contributed by atoms with van der Waals surface area (Å²) < 4.78 is 1.35. The van der Waals surface area contributed by atoms with Crippen LogP contribution in [0.4, 0.5) is 0 Å². The Morgan fingerprint density at radius 1 is 0.846 bits per heavy atom. The molecule has 0 atom stereocenters. The molecule has 0 aliphatic carbocycles. The van der Waals surface area contributed by atoms with Crippen LogP contribution in [0.5, 0.6) is 5.88 Å². The summed E-state index contributed by atoms with van der Waals surface area (Å²) in [6, 6.07) is 2.28. The highest BCUT2D eigenvalue weighted by atomic mass is 16.4. The van der Waals surface area contributed by atoms with E-state index in [2.05, 4.69) is 106 Å². The van der Waals surface area contributed by atoms with Crippen molar-refractivity contribution in [1.82, 2.24) is 9.13 Å². The first-order chi connectivity index (χ1) is 18.8. The second kappa shape index (κ2) is 17.2. The quantitative estimate of drug-likeness (QED) is 0.263. The highest BCUT2D eigenvalue weighted by Gasteiger charge is 2.13. The van der Waals surface area contributed by atoms with Gasteiger partial charge in [0.25, 0.3) is 11.3 Å². The minimum absolute atomic E-state index is 0.262. The Morgan fingerprint density at radius 2 is 1.33 bits per heavy atom. The molecule has 1 heterocycles. The third-order valence-electron chi connectivity index (χ3n) is 3.66. The first kappa shape index (κ1) is 29.7. The lowest BCUT2D eigenvalue weighted by Gasteiger charge is -2.06. The van der Waals surface area contributed by atoms with E-state index in [1.54, 1.807) is 0 Å². The molecule has 0 aromatic carbocycles. The monoisotopic (exact) mass is 505 g/mol.